The van der Waals surface area contributed by atoms with Crippen molar-refractivity contribution < 1.29 is 4.79 Å². The van der Waals surface area contributed by atoms with Gasteiger partial charge in [-0.3, -0.25) is 14.7 Å². The first-order chi connectivity index (χ1) is 10.7. The number of rotatable bonds is 5. The van der Waals surface area contributed by atoms with Crippen molar-refractivity contribution in [3.8, 4) is 0 Å². The first kappa shape index (κ1) is 20.2. The monoisotopic (exact) mass is 451 g/mol. The van der Waals surface area contributed by atoms with Crippen LogP contribution in [0.5, 0.6) is 0 Å². The molecule has 1 aliphatic heterocycles. The summed E-state index contributed by atoms with van der Waals surface area (Å²) in [5, 5.41) is 10.8. The Morgan fingerprint density at radius 2 is 2.04 bits per heavy atom. The van der Waals surface area contributed by atoms with E-state index in [4.69, 9.17) is 0 Å². The van der Waals surface area contributed by atoms with Crippen molar-refractivity contribution in [2.45, 2.75) is 13.5 Å². The smallest absolute Gasteiger partial charge is 0.219 e. The number of hydrogen-bond acceptors (Lipinski definition) is 4. The molecule has 0 atom stereocenters. The quantitative estimate of drug-likeness (QED) is 0.401. The number of carbonyl (C=O) groups is 1. The van der Waals surface area contributed by atoms with Gasteiger partial charge >= 0.3 is 0 Å². The van der Waals surface area contributed by atoms with E-state index in [1.54, 1.807) is 25.3 Å². The lowest BCUT2D eigenvalue weighted by molar-refractivity contribution is -0.130. The highest BCUT2D eigenvalue weighted by molar-refractivity contribution is 14.0. The van der Waals surface area contributed by atoms with Crippen LogP contribution in [-0.4, -0.2) is 68.0 Å². The fraction of sp³-hybridized carbons (Fsp3) is 0.600. The van der Waals surface area contributed by atoms with Crippen LogP contribution in [-0.2, 0) is 11.3 Å². The number of thiophene rings is 1. The van der Waals surface area contributed by atoms with E-state index in [0.717, 1.165) is 51.8 Å². The maximum atomic E-state index is 11.3. The number of piperazine rings is 1. The Hall–Kier alpha value is -0.870. The summed E-state index contributed by atoms with van der Waals surface area (Å²) < 4.78 is 0. The van der Waals surface area contributed by atoms with Crippen molar-refractivity contribution in [3.05, 3.63) is 22.4 Å². The number of nitrogens with one attached hydrogen (secondary N) is 2. The lowest BCUT2D eigenvalue weighted by Gasteiger charge is -2.34. The molecule has 0 bridgehead atoms. The Bertz CT molecular complexity index is 486. The van der Waals surface area contributed by atoms with Gasteiger partial charge in [-0.2, -0.15) is 11.3 Å². The van der Waals surface area contributed by atoms with Gasteiger partial charge in [-0.25, -0.2) is 0 Å². The van der Waals surface area contributed by atoms with Crippen molar-refractivity contribution >= 4 is 47.2 Å². The second kappa shape index (κ2) is 10.8. The molecule has 2 heterocycles. The summed E-state index contributed by atoms with van der Waals surface area (Å²) in [6, 6.07) is 2.11. The van der Waals surface area contributed by atoms with Gasteiger partial charge in [0.25, 0.3) is 0 Å². The second-order valence-electron chi connectivity index (χ2n) is 5.33. The summed E-state index contributed by atoms with van der Waals surface area (Å²) in [4.78, 5) is 19.8. The third-order valence-corrected chi connectivity index (χ3v) is 4.53. The van der Waals surface area contributed by atoms with Gasteiger partial charge in [-0.15, -0.1) is 24.0 Å². The standard InChI is InChI=1S/C15H25N5OS.HI/c1-13(21)20-8-6-19(7-9-20)5-4-17-15(16-2)18-11-14-3-10-22-12-14;/h3,10,12H,4-9,11H2,1-2H3,(H2,16,17,18);1H. The molecule has 0 radical (unpaired) electrons. The van der Waals surface area contributed by atoms with E-state index in [9.17, 15) is 4.79 Å². The van der Waals surface area contributed by atoms with Crippen LogP contribution in [0, 0.1) is 0 Å². The molecule has 8 heteroatoms. The van der Waals surface area contributed by atoms with Crippen LogP contribution in [0.3, 0.4) is 0 Å². The maximum Gasteiger partial charge on any atom is 0.219 e. The number of amides is 1. The van der Waals surface area contributed by atoms with E-state index in [2.05, 4.69) is 37.4 Å². The molecule has 23 heavy (non-hydrogen) atoms. The van der Waals surface area contributed by atoms with Gasteiger partial charge in [0.1, 0.15) is 0 Å². The average Bonchev–Trinajstić information content (AvgIpc) is 3.04. The van der Waals surface area contributed by atoms with Gasteiger partial charge in [0, 0.05) is 59.8 Å². The maximum absolute atomic E-state index is 11.3. The lowest BCUT2D eigenvalue weighted by Crippen LogP contribution is -2.50. The molecule has 2 rings (SSSR count). The first-order valence-corrected chi connectivity index (χ1v) is 8.57. The normalized spacial score (nSPS) is 15.9. The van der Waals surface area contributed by atoms with Gasteiger partial charge < -0.3 is 15.5 Å². The highest BCUT2D eigenvalue weighted by Gasteiger charge is 2.17. The highest BCUT2D eigenvalue weighted by Crippen LogP contribution is 2.04. The van der Waals surface area contributed by atoms with Crippen molar-refractivity contribution in [1.82, 2.24) is 20.4 Å². The van der Waals surface area contributed by atoms with E-state index in [0.29, 0.717) is 0 Å². The summed E-state index contributed by atoms with van der Waals surface area (Å²) in [6.45, 7) is 7.81. The fourth-order valence-corrected chi connectivity index (χ4v) is 3.09. The molecule has 0 aliphatic carbocycles. The van der Waals surface area contributed by atoms with Crippen LogP contribution >= 0.6 is 35.3 Å². The molecule has 1 aromatic rings. The van der Waals surface area contributed by atoms with E-state index in [1.165, 1.54) is 5.56 Å². The third kappa shape index (κ3) is 7.05. The molecule has 0 unspecified atom stereocenters. The average molecular weight is 451 g/mol. The summed E-state index contributed by atoms with van der Waals surface area (Å²) in [6.07, 6.45) is 0. The first-order valence-electron chi connectivity index (χ1n) is 7.62. The number of nitrogens with zero attached hydrogens (tertiary/aromatic N) is 3. The molecule has 1 fully saturated rings. The molecule has 0 saturated carbocycles. The van der Waals surface area contributed by atoms with E-state index in [-0.39, 0.29) is 29.9 Å². The van der Waals surface area contributed by atoms with Crippen molar-refractivity contribution in [2.75, 3.05) is 46.3 Å². The molecule has 0 spiro atoms. The van der Waals surface area contributed by atoms with Crippen LogP contribution in [0.2, 0.25) is 0 Å². The van der Waals surface area contributed by atoms with Crippen molar-refractivity contribution in [2.24, 2.45) is 4.99 Å². The predicted molar refractivity (Wildman–Crippen MR) is 107 cm³/mol. The van der Waals surface area contributed by atoms with E-state index >= 15 is 0 Å². The summed E-state index contributed by atoms with van der Waals surface area (Å²) in [5.41, 5.74) is 1.27. The highest BCUT2D eigenvalue weighted by atomic mass is 127. The zero-order valence-corrected chi connectivity index (χ0v) is 16.9. The van der Waals surface area contributed by atoms with Crippen LogP contribution in [0.25, 0.3) is 0 Å². The Balaban J connectivity index is 0.00000264. The minimum absolute atomic E-state index is 0. The Kier molecular flexibility index (Phi) is 9.49. The Labute approximate surface area is 159 Å². The minimum Gasteiger partial charge on any atom is -0.355 e. The minimum atomic E-state index is 0. The van der Waals surface area contributed by atoms with Crippen LogP contribution < -0.4 is 10.6 Å². The molecular formula is C15H26IN5OS. The van der Waals surface area contributed by atoms with E-state index in [1.807, 2.05) is 4.90 Å². The van der Waals surface area contributed by atoms with Crippen molar-refractivity contribution in [1.29, 1.82) is 0 Å². The topological polar surface area (TPSA) is 60.0 Å². The largest absolute Gasteiger partial charge is 0.355 e. The third-order valence-electron chi connectivity index (χ3n) is 3.80. The predicted octanol–water partition coefficient (Wildman–Crippen LogP) is 1.20. The van der Waals surface area contributed by atoms with Gasteiger partial charge in [-0.05, 0) is 22.4 Å². The van der Waals surface area contributed by atoms with E-state index < -0.39 is 0 Å². The summed E-state index contributed by atoms with van der Waals surface area (Å²) in [5.74, 6) is 1.00. The molecule has 0 aromatic carbocycles. The molecule has 1 aromatic heterocycles. The lowest BCUT2D eigenvalue weighted by atomic mass is 10.3. The molecule has 6 nitrogen and oxygen atoms in total. The molecule has 1 amide bonds. The molecule has 1 aliphatic rings. The van der Waals surface area contributed by atoms with Crippen LogP contribution in [0.15, 0.2) is 21.8 Å². The zero-order valence-electron chi connectivity index (χ0n) is 13.7. The van der Waals surface area contributed by atoms with Gasteiger partial charge in [0.2, 0.25) is 5.91 Å². The number of hydrogen-bond donors (Lipinski definition) is 2. The van der Waals surface area contributed by atoms with Crippen LogP contribution in [0.4, 0.5) is 0 Å². The summed E-state index contributed by atoms with van der Waals surface area (Å²) in [7, 11) is 1.79. The molecule has 1 saturated heterocycles. The molecule has 2 N–H and O–H groups in total. The Morgan fingerprint density at radius 3 is 2.61 bits per heavy atom. The fourth-order valence-electron chi connectivity index (χ4n) is 2.42. The number of carbonyl (C=O) groups excluding carboxylic acids is 1. The number of guanidine groups is 1. The SMILES string of the molecule is CN=C(NCCN1CCN(C(C)=O)CC1)NCc1ccsc1.I. The van der Waals surface area contributed by atoms with Gasteiger partial charge in [0.05, 0.1) is 0 Å². The summed E-state index contributed by atoms with van der Waals surface area (Å²) >= 11 is 1.70. The molecule has 130 valence electrons. The van der Waals surface area contributed by atoms with Crippen LogP contribution in [0.1, 0.15) is 12.5 Å². The second-order valence-corrected chi connectivity index (χ2v) is 6.11. The number of halogens is 1. The van der Waals surface area contributed by atoms with Crippen molar-refractivity contribution in [3.63, 3.8) is 0 Å². The zero-order chi connectivity index (χ0) is 15.8. The van der Waals surface area contributed by atoms with Gasteiger partial charge in [0.15, 0.2) is 5.96 Å². The molecular weight excluding hydrogens is 425 g/mol. The Morgan fingerprint density at radius 1 is 1.30 bits per heavy atom. The van der Waals surface area contributed by atoms with Gasteiger partial charge in [-0.1, -0.05) is 0 Å². The number of aliphatic imine (C=N–C) groups is 1.